The van der Waals surface area contributed by atoms with Gasteiger partial charge in [0.25, 0.3) is 0 Å². The van der Waals surface area contributed by atoms with E-state index in [2.05, 4.69) is 10.1 Å². The molecule has 2 aliphatic rings. The highest BCUT2D eigenvalue weighted by Crippen LogP contribution is 2.35. The number of nitrogens with zero attached hydrogens (tertiary/aromatic N) is 4. The molecule has 4 heterocycles. The lowest BCUT2D eigenvalue weighted by atomic mass is 10.1. The Morgan fingerprint density at radius 1 is 1.12 bits per heavy atom. The number of aryl methyl sites for hydroxylation is 2. The molecule has 3 aromatic rings. The molecule has 0 N–H and O–H groups in total. The van der Waals surface area contributed by atoms with E-state index in [1.165, 1.54) is 19.1 Å². The Bertz CT molecular complexity index is 1420. The molecule has 0 aliphatic carbocycles. The molecule has 0 radical (unpaired) electrons. The lowest BCUT2D eigenvalue weighted by molar-refractivity contribution is 0.159. The van der Waals surface area contributed by atoms with Crippen molar-refractivity contribution in [3.8, 4) is 17.2 Å². The van der Waals surface area contributed by atoms with Crippen molar-refractivity contribution in [3.63, 3.8) is 0 Å². The van der Waals surface area contributed by atoms with Crippen LogP contribution in [0.5, 0.6) is 17.2 Å². The summed E-state index contributed by atoms with van der Waals surface area (Å²) in [5, 5.41) is 4.43. The quantitative estimate of drug-likeness (QED) is 0.615. The molecular weight excluding hydrogens is 415 g/mol. The predicted octanol–water partition coefficient (Wildman–Crippen LogP) is 2.97. The first kappa shape index (κ1) is 16.3. The van der Waals surface area contributed by atoms with E-state index in [1.54, 1.807) is 6.07 Å². The fraction of sp³-hybridized carbons (Fsp3) is 0.435. The molecule has 1 saturated heterocycles. The van der Waals surface area contributed by atoms with Crippen molar-refractivity contribution in [2.24, 2.45) is 0 Å². The van der Waals surface area contributed by atoms with Crippen LogP contribution in [-0.2, 0) is 0 Å². The van der Waals surface area contributed by atoms with Gasteiger partial charge in [-0.05, 0) is 32.9 Å². The normalized spacial score (nSPS) is 21.4. The standard InChI is InChI=1S/C23H25FN4O4/c1-13-14(2)22(26-28-21(13)25-15(3)20(24)23(28)29)27-8-6-16(7-9-27)32-17-4-5-18-19(12-17)31-11-10-30-18/h4-5,12,16H,6-11H2,1-3H3/i10D2,11D2. The molecule has 8 nitrogen and oxygen atoms in total. The van der Waals surface area contributed by atoms with Crippen molar-refractivity contribution < 1.29 is 24.1 Å². The van der Waals surface area contributed by atoms with Crippen LogP contribution in [0.3, 0.4) is 0 Å². The maximum absolute atomic E-state index is 14.2. The van der Waals surface area contributed by atoms with E-state index in [-0.39, 0.29) is 23.3 Å². The number of hydrogen-bond acceptors (Lipinski definition) is 7. The van der Waals surface area contributed by atoms with E-state index in [4.69, 9.17) is 19.7 Å². The van der Waals surface area contributed by atoms with Crippen molar-refractivity contribution in [1.29, 1.82) is 0 Å². The van der Waals surface area contributed by atoms with Crippen LogP contribution >= 0.6 is 0 Å². The van der Waals surface area contributed by atoms with Crippen LogP contribution in [0.15, 0.2) is 23.0 Å². The number of ether oxygens (including phenoxy) is 3. The zero-order valence-corrected chi connectivity index (χ0v) is 17.9. The van der Waals surface area contributed by atoms with E-state index in [0.29, 0.717) is 43.1 Å². The van der Waals surface area contributed by atoms with Gasteiger partial charge in [-0.1, -0.05) is 0 Å². The number of aromatic nitrogens is 3. The molecule has 0 atom stereocenters. The zero-order valence-electron chi connectivity index (χ0n) is 21.9. The van der Waals surface area contributed by atoms with Crippen LogP contribution in [0.1, 0.15) is 35.1 Å². The summed E-state index contributed by atoms with van der Waals surface area (Å²) in [4.78, 5) is 18.7. The molecule has 0 saturated carbocycles. The molecule has 2 aromatic heterocycles. The molecule has 0 unspecified atom stereocenters. The van der Waals surface area contributed by atoms with Gasteiger partial charge in [-0.3, -0.25) is 4.79 Å². The summed E-state index contributed by atoms with van der Waals surface area (Å²) in [6, 6.07) is 4.60. The Labute approximate surface area is 190 Å². The maximum Gasteiger partial charge on any atom is 0.310 e. The van der Waals surface area contributed by atoms with Crippen molar-refractivity contribution >= 4 is 11.5 Å². The molecule has 2 aliphatic heterocycles. The average Bonchev–Trinajstić information content (AvgIpc) is 2.81. The molecular formula is C23H25FN4O4. The molecule has 9 heteroatoms. The number of benzene rings is 1. The second-order valence-corrected chi connectivity index (χ2v) is 7.95. The van der Waals surface area contributed by atoms with Crippen molar-refractivity contribution in [1.82, 2.24) is 14.6 Å². The summed E-state index contributed by atoms with van der Waals surface area (Å²) in [6.07, 6.45) is 1.15. The molecule has 0 spiro atoms. The van der Waals surface area contributed by atoms with Crippen molar-refractivity contribution in [3.05, 3.63) is 51.2 Å². The highest BCUT2D eigenvalue weighted by atomic mass is 19.1. The fourth-order valence-corrected chi connectivity index (χ4v) is 4.00. The topological polar surface area (TPSA) is 78.2 Å². The van der Waals surface area contributed by atoms with Crippen LogP contribution < -0.4 is 24.7 Å². The van der Waals surface area contributed by atoms with Crippen molar-refractivity contribution in [2.75, 3.05) is 31.1 Å². The number of halogens is 1. The largest absolute Gasteiger partial charge is 0.490 e. The van der Waals surface area contributed by atoms with Crippen LogP contribution in [0.4, 0.5) is 10.2 Å². The van der Waals surface area contributed by atoms with Gasteiger partial charge >= 0.3 is 5.56 Å². The van der Waals surface area contributed by atoms with E-state index >= 15 is 0 Å². The first-order valence-electron chi connectivity index (χ1n) is 12.4. The van der Waals surface area contributed by atoms with Crippen LogP contribution in [0.2, 0.25) is 0 Å². The van der Waals surface area contributed by atoms with Gasteiger partial charge in [-0.25, -0.2) is 4.98 Å². The van der Waals surface area contributed by atoms with E-state index in [9.17, 15) is 9.18 Å². The number of anilines is 1. The number of fused-ring (bicyclic) bond motifs is 2. The number of rotatable bonds is 3. The summed E-state index contributed by atoms with van der Waals surface area (Å²) in [6.45, 7) is 1.12. The molecule has 0 bridgehead atoms. The fourth-order valence-electron chi connectivity index (χ4n) is 4.00. The zero-order chi connectivity index (χ0) is 26.0. The highest BCUT2D eigenvalue weighted by Gasteiger charge is 2.25. The minimum Gasteiger partial charge on any atom is -0.490 e. The van der Waals surface area contributed by atoms with Gasteiger partial charge in [-0.2, -0.15) is 8.91 Å². The maximum atomic E-state index is 14.2. The molecule has 0 amide bonds. The van der Waals surface area contributed by atoms with Gasteiger partial charge in [-0.15, -0.1) is 5.10 Å². The third-order valence-corrected chi connectivity index (χ3v) is 5.92. The predicted molar refractivity (Wildman–Crippen MR) is 117 cm³/mol. The first-order valence-corrected chi connectivity index (χ1v) is 10.4. The lowest BCUT2D eigenvalue weighted by Crippen LogP contribution is -2.40. The van der Waals surface area contributed by atoms with Gasteiger partial charge < -0.3 is 19.1 Å². The van der Waals surface area contributed by atoms with Gasteiger partial charge in [0.15, 0.2) is 23.0 Å². The molecule has 168 valence electrons. The Morgan fingerprint density at radius 3 is 2.59 bits per heavy atom. The summed E-state index contributed by atoms with van der Waals surface area (Å²) in [7, 11) is 0. The molecule has 1 aromatic carbocycles. The van der Waals surface area contributed by atoms with Crippen LogP contribution in [0, 0.1) is 26.6 Å². The third-order valence-electron chi connectivity index (χ3n) is 5.92. The molecule has 1 fully saturated rings. The second-order valence-electron chi connectivity index (χ2n) is 7.95. The minimum absolute atomic E-state index is 0.0454. The minimum atomic E-state index is -2.65. The first-order chi connectivity index (χ1) is 16.9. The van der Waals surface area contributed by atoms with Crippen LogP contribution in [0.25, 0.3) is 5.65 Å². The average molecular weight is 444 g/mol. The highest BCUT2D eigenvalue weighted by molar-refractivity contribution is 5.59. The van der Waals surface area contributed by atoms with Crippen LogP contribution in [-0.4, -0.2) is 46.9 Å². The summed E-state index contributed by atoms with van der Waals surface area (Å²) in [5.74, 6) is 0.305. The van der Waals surface area contributed by atoms with Crippen molar-refractivity contribution in [2.45, 2.75) is 39.7 Å². The Morgan fingerprint density at radius 2 is 1.84 bits per heavy atom. The van der Waals surface area contributed by atoms with Gasteiger partial charge in [0.2, 0.25) is 5.82 Å². The summed E-state index contributed by atoms with van der Waals surface area (Å²) >= 11 is 0. The van der Waals surface area contributed by atoms with E-state index < -0.39 is 24.5 Å². The summed E-state index contributed by atoms with van der Waals surface area (Å²) < 4.78 is 62.5. The van der Waals surface area contributed by atoms with E-state index in [1.807, 2.05) is 18.7 Å². The lowest BCUT2D eigenvalue weighted by Gasteiger charge is -2.34. The Hall–Kier alpha value is -3.36. The van der Waals surface area contributed by atoms with Gasteiger partial charge in [0, 0.05) is 43.1 Å². The van der Waals surface area contributed by atoms with Gasteiger partial charge in [0.05, 0.1) is 11.2 Å². The smallest absolute Gasteiger partial charge is 0.310 e. The van der Waals surface area contributed by atoms with Gasteiger partial charge in [0.1, 0.15) is 25.0 Å². The summed E-state index contributed by atoms with van der Waals surface area (Å²) in [5.41, 5.74) is 1.20. The second kappa shape index (κ2) is 7.96. The third kappa shape index (κ3) is 3.51. The van der Waals surface area contributed by atoms with E-state index in [0.717, 1.165) is 15.6 Å². The Kier molecular flexibility index (Phi) is 4.05. The molecule has 5 rings (SSSR count). The molecule has 32 heavy (non-hydrogen) atoms. The number of piperidine rings is 1. The number of hydrogen-bond donors (Lipinski definition) is 0. The SMILES string of the molecule is [2H]C1([2H])Oc2ccc(OC3CCN(c4nn5c(=O)c(F)c(C)nc5c(C)c4C)CC3)cc2OC1([2H])[2H]. The Balaban J connectivity index is 1.32. The monoisotopic (exact) mass is 444 g/mol.